The average Bonchev–Trinajstić information content (AvgIpc) is 0.821. The Morgan fingerprint density at radius 3 is 1.23 bits per heavy atom. The quantitative estimate of drug-likeness (QED) is 0.0190. The van der Waals surface area contributed by atoms with E-state index in [1.807, 2.05) is 73.7 Å². The molecule has 26 N–H and O–H groups in total. The molecule has 0 aliphatic carbocycles. The van der Waals surface area contributed by atoms with E-state index in [-0.39, 0.29) is 55.5 Å². The number of phenolic OH excluding ortho intramolecular Hbond substituents is 2. The summed E-state index contributed by atoms with van der Waals surface area (Å²) in [5.41, 5.74) is 45.4. The zero-order chi connectivity index (χ0) is 82.2. The number of phenols is 2. The van der Waals surface area contributed by atoms with Crippen LogP contribution in [-0.4, -0.2) is 201 Å². The second-order valence-corrected chi connectivity index (χ2v) is 25.4. The van der Waals surface area contributed by atoms with Gasteiger partial charge in [-0.05, 0) is 128 Å². The Balaban J connectivity index is 0.000000434. The van der Waals surface area contributed by atoms with Gasteiger partial charge in [0, 0.05) is 27.1 Å². The van der Waals surface area contributed by atoms with Crippen molar-refractivity contribution >= 4 is 69.3 Å². The van der Waals surface area contributed by atoms with Crippen molar-refractivity contribution in [2.24, 2.45) is 46.1 Å². The molecule has 1 aliphatic rings. The van der Waals surface area contributed by atoms with Crippen LogP contribution >= 0.6 is 15.9 Å². The monoisotopic (exact) mass is 1580 g/mol. The molecule has 12 atom stereocenters. The fourth-order valence-corrected chi connectivity index (χ4v) is 9.35. The van der Waals surface area contributed by atoms with Crippen molar-refractivity contribution in [1.29, 1.82) is 0 Å². The summed E-state index contributed by atoms with van der Waals surface area (Å²) in [6.45, 7) is 4.49. The van der Waals surface area contributed by atoms with E-state index >= 15 is 0 Å². The number of hydrogen-bond acceptors (Lipinski definition) is 24. The average molecular weight is 1580 g/mol. The number of carboxylic acid groups (broad SMARTS) is 7. The summed E-state index contributed by atoms with van der Waals surface area (Å²) in [6, 6.07) is 42.4. The zero-order valence-electron chi connectivity index (χ0n) is 59.7. The normalized spacial score (nSPS) is 16.4. The molecule has 7 aromatic carbocycles. The number of aliphatic hydroxyl groups is 3. The lowest BCUT2D eigenvalue weighted by Gasteiger charge is -2.40. The Morgan fingerprint density at radius 2 is 0.835 bits per heavy atom. The Labute approximate surface area is 636 Å². The molecule has 32 heteroatoms. The molecule has 109 heavy (non-hydrogen) atoms. The number of hydrogen-bond donors (Lipinski definition) is 19. The van der Waals surface area contributed by atoms with Crippen LogP contribution in [0.2, 0.25) is 0 Å². The van der Waals surface area contributed by atoms with Gasteiger partial charge in [0.15, 0.2) is 29.4 Å². The maximum atomic E-state index is 12.2. The van der Waals surface area contributed by atoms with Crippen molar-refractivity contribution in [2.45, 2.75) is 126 Å². The van der Waals surface area contributed by atoms with Gasteiger partial charge in [-0.25, -0.2) is 0 Å². The molecular formula is C77H94BrN7O24. The summed E-state index contributed by atoms with van der Waals surface area (Å²) in [5.74, 6) is -5.48. The fraction of sp³-hybridized carbons (Fsp3) is 0.312. The van der Waals surface area contributed by atoms with Crippen molar-refractivity contribution in [3.63, 3.8) is 0 Å². The first kappa shape index (κ1) is 94.2. The maximum Gasteiger partial charge on any atom is 0.322 e. The second-order valence-electron chi connectivity index (χ2n) is 24.5. The molecule has 0 amide bonds. The summed E-state index contributed by atoms with van der Waals surface area (Å²) in [6.07, 6.45) is 2.46. The number of Topliss-reactive ketones (excluding diaryl/α,β-unsaturated/α-hetero) is 1. The number of ether oxygens (including phenoxy) is 3. The first-order valence-electron chi connectivity index (χ1n) is 33.2. The summed E-state index contributed by atoms with van der Waals surface area (Å²) in [7, 11) is 0. The third-order valence-corrected chi connectivity index (χ3v) is 16.0. The van der Waals surface area contributed by atoms with Crippen LogP contribution in [0, 0.1) is 25.2 Å². The van der Waals surface area contributed by atoms with Crippen molar-refractivity contribution < 1.29 is 119 Å². The standard InChI is InChI=1S/C16H15NO3.C12H13NO3.C11H13NO3.C10H19NO7.C10H13NO2.C9H10BrNO2.C9H11NO4/c17-14(16(19)20)10-11-6-8-13(9-7-11)15(18)12-4-2-1-3-5-12;1-2-7-16-10-5-3-9(4-6-10)8-11(13)12(14)15;1-7(13)9-4-2-3-8(5-9)6-10(12)11(14)15;1-4-7(13)8(14)6(2-12)18-10(4)17-3-5(11)9(15)16;1-7-2-4-8(5-3-7)6-9(11)10(12)13;10-7-3-1-6(2-4-7)5-8(11)9(12)13;10-6(9(13)14)3-5-1-2-7(11)8(12)4-5/h1-9,14H,10,17H2,(H,19,20);1,3-6,11H,7-8,13H2,(H,14,15);2-5,10H,6,12H2,1H3,(H,14,15);4-8,10,12-14H,2-3,11H2,1H3,(H,15,16);2-5,9H,6,11H2,1H3,(H,12,13);1-4,8H,5,11H2,(H,12,13);1-2,4,6,11-12H,3,10H2,(H,13,14)/t14-;11-;10-;4-,5+,6?,7?,8+,10+;9-;8-;6-/m0001000/s1. The maximum absolute atomic E-state index is 12.2. The molecule has 2 unspecified atom stereocenters. The molecule has 8 rings (SSSR count). The van der Waals surface area contributed by atoms with E-state index in [4.69, 9.17) is 112 Å². The van der Waals surface area contributed by atoms with Gasteiger partial charge < -0.3 is 116 Å². The third kappa shape index (κ3) is 36.5. The number of aliphatic carboxylic acids is 7. The van der Waals surface area contributed by atoms with E-state index in [0.717, 1.165) is 37.9 Å². The first-order valence-corrected chi connectivity index (χ1v) is 34.0. The molecule has 0 aromatic heterocycles. The van der Waals surface area contributed by atoms with Crippen LogP contribution in [0.5, 0.6) is 17.2 Å². The van der Waals surface area contributed by atoms with Gasteiger partial charge in [0.25, 0.3) is 0 Å². The van der Waals surface area contributed by atoms with Gasteiger partial charge in [0.05, 0.1) is 19.3 Å². The van der Waals surface area contributed by atoms with Crippen LogP contribution in [0.15, 0.2) is 174 Å². The van der Waals surface area contributed by atoms with Crippen LogP contribution in [0.4, 0.5) is 0 Å². The van der Waals surface area contributed by atoms with Crippen molar-refractivity contribution in [3.8, 4) is 29.6 Å². The summed E-state index contributed by atoms with van der Waals surface area (Å²) < 4.78 is 16.5. The molecule has 0 bridgehead atoms. The number of carbonyl (C=O) groups is 9. The number of ketones is 2. The highest BCUT2D eigenvalue weighted by Crippen LogP contribution is 2.28. The Bertz CT molecular complexity index is 3990. The SMILES string of the molecule is C#CCOc1ccc(C[C@H](N)C(=O)O)cc1.CC(=O)c1cccc(C[C@H](N)C(=O)O)c1.C[C@@H]1C(O)[C@@H](O)C(CO)O[C@@H]1OC[C@H](N)C(=O)O.Cc1ccc(C[C@H](N)C(=O)O)cc1.N[C@@H](Cc1ccc(Br)cc1)C(=O)O.N[C@@H](Cc1ccc(C(=O)c2ccccc2)cc1)C(=O)O.N[C@@H](Cc1ccc(O)c(O)c1)C(=O)O. The highest BCUT2D eigenvalue weighted by atomic mass is 79.9. The minimum atomic E-state index is -1.21. The lowest BCUT2D eigenvalue weighted by Crippen LogP contribution is -2.56. The van der Waals surface area contributed by atoms with E-state index in [1.54, 1.807) is 91.9 Å². The van der Waals surface area contributed by atoms with Gasteiger partial charge in [-0.3, -0.25) is 43.2 Å². The lowest BCUT2D eigenvalue weighted by molar-refractivity contribution is -0.282. The Morgan fingerprint density at radius 1 is 0.468 bits per heavy atom. The highest BCUT2D eigenvalue weighted by Gasteiger charge is 2.42. The number of rotatable bonds is 28. The molecule has 1 fully saturated rings. The van der Waals surface area contributed by atoms with Crippen molar-refractivity contribution in [1.82, 2.24) is 0 Å². The van der Waals surface area contributed by atoms with Crippen molar-refractivity contribution in [2.75, 3.05) is 19.8 Å². The number of aromatic hydroxyl groups is 2. The van der Waals surface area contributed by atoms with Crippen LogP contribution in [0.3, 0.4) is 0 Å². The number of nitrogens with two attached hydrogens (primary N) is 7. The topological polar surface area (TPSA) is 606 Å². The minimum absolute atomic E-state index is 0.0410. The molecule has 0 radical (unpaired) electrons. The Kier molecular flexibility index (Phi) is 42.5. The van der Waals surface area contributed by atoms with E-state index in [1.165, 1.54) is 25.1 Å². The summed E-state index contributed by atoms with van der Waals surface area (Å²) >= 11 is 3.29. The number of carbonyl (C=O) groups excluding carboxylic acids is 2. The van der Waals surface area contributed by atoms with E-state index < -0.39 is 121 Å². The molecule has 1 saturated heterocycles. The largest absolute Gasteiger partial charge is 0.504 e. The fourth-order valence-electron chi connectivity index (χ4n) is 9.08. The van der Waals surface area contributed by atoms with Gasteiger partial charge in [-0.15, -0.1) is 6.42 Å². The molecule has 0 saturated carbocycles. The first-order chi connectivity index (χ1) is 51.3. The van der Waals surface area contributed by atoms with Gasteiger partial charge in [0.2, 0.25) is 0 Å². The molecule has 1 heterocycles. The predicted molar refractivity (Wildman–Crippen MR) is 403 cm³/mol. The predicted octanol–water partition coefficient (Wildman–Crippen LogP) is 3.26. The number of aryl methyl sites for hydroxylation is 1. The number of carboxylic acids is 7. The van der Waals surface area contributed by atoms with Gasteiger partial charge >= 0.3 is 41.8 Å². The summed E-state index contributed by atoms with van der Waals surface area (Å²) in [4.78, 5) is 96.8. The van der Waals surface area contributed by atoms with Crippen LogP contribution in [0.25, 0.3) is 0 Å². The van der Waals surface area contributed by atoms with E-state index in [9.17, 15) is 53.4 Å². The van der Waals surface area contributed by atoms with Gasteiger partial charge in [0.1, 0.15) is 66.9 Å². The smallest absolute Gasteiger partial charge is 0.322 e. The van der Waals surface area contributed by atoms with Gasteiger partial charge in [-0.2, -0.15) is 0 Å². The van der Waals surface area contributed by atoms with Crippen LogP contribution in [0.1, 0.15) is 79.1 Å². The van der Waals surface area contributed by atoms with Crippen LogP contribution < -0.4 is 44.9 Å². The molecule has 31 nitrogen and oxygen atoms in total. The molecule has 1 aliphatic heterocycles. The highest BCUT2D eigenvalue weighted by molar-refractivity contribution is 9.10. The summed E-state index contributed by atoms with van der Waals surface area (Å²) in [5, 5.41) is 107. The van der Waals surface area contributed by atoms with Crippen LogP contribution in [-0.2, 0) is 81.6 Å². The second kappa shape index (κ2) is 49.2. The minimum Gasteiger partial charge on any atom is -0.504 e. The Hall–Kier alpha value is -10.9. The van der Waals surface area contributed by atoms with Gasteiger partial charge in [-0.1, -0.05) is 162 Å². The van der Waals surface area contributed by atoms with E-state index in [2.05, 4.69) is 21.9 Å². The molecule has 588 valence electrons. The zero-order valence-corrected chi connectivity index (χ0v) is 61.3. The molecular weight excluding hydrogens is 1490 g/mol. The van der Waals surface area contributed by atoms with Crippen molar-refractivity contribution in [3.05, 3.63) is 230 Å². The number of terminal acetylenes is 1. The molecule has 0 spiro atoms. The third-order valence-electron chi connectivity index (χ3n) is 15.5. The van der Waals surface area contributed by atoms with E-state index in [0.29, 0.717) is 47.3 Å². The number of aliphatic hydroxyl groups excluding tert-OH is 3. The number of halogens is 1. The molecule has 7 aromatic rings. The number of benzene rings is 7. The lowest BCUT2D eigenvalue weighted by atomic mass is 9.92.